The van der Waals surface area contributed by atoms with E-state index in [-0.39, 0.29) is 11.5 Å². The molecule has 1 aromatic rings. The Kier molecular flexibility index (Phi) is 5.83. The number of carbonyl (C=O) groups is 2. The zero-order valence-corrected chi connectivity index (χ0v) is 12.1. The van der Waals surface area contributed by atoms with E-state index in [0.717, 1.165) is 0 Å². The van der Waals surface area contributed by atoms with Crippen LogP contribution in [0.25, 0.3) is 0 Å². The molecule has 1 rings (SSSR count). The van der Waals surface area contributed by atoms with E-state index in [9.17, 15) is 9.59 Å². The number of esters is 1. The minimum atomic E-state index is -0.866. The van der Waals surface area contributed by atoms with Gasteiger partial charge in [-0.2, -0.15) is 0 Å². The lowest BCUT2D eigenvalue weighted by atomic mass is 10.2. The number of ether oxygens (including phenoxy) is 3. The van der Waals surface area contributed by atoms with Gasteiger partial charge in [-0.05, 0) is 26.0 Å². The van der Waals surface area contributed by atoms with Gasteiger partial charge in [-0.3, -0.25) is 4.79 Å². The number of carbonyl (C=O) groups excluding carboxylic acids is 2. The van der Waals surface area contributed by atoms with Gasteiger partial charge in [-0.1, -0.05) is 0 Å². The van der Waals surface area contributed by atoms with Crippen LogP contribution in [0.4, 0.5) is 0 Å². The molecule has 0 aliphatic heterocycles. The van der Waals surface area contributed by atoms with Gasteiger partial charge in [0, 0.05) is 12.6 Å². The lowest BCUT2D eigenvalue weighted by Crippen LogP contribution is -2.35. The molecular weight excluding hydrogens is 262 g/mol. The summed E-state index contributed by atoms with van der Waals surface area (Å²) in [5.41, 5.74) is 0.240. The van der Waals surface area contributed by atoms with E-state index in [4.69, 9.17) is 14.2 Å². The third-order valence-corrected chi connectivity index (χ3v) is 2.63. The number of nitrogens with one attached hydrogen (secondary N) is 1. The fourth-order valence-electron chi connectivity index (χ4n) is 1.56. The van der Waals surface area contributed by atoms with Crippen molar-refractivity contribution in [1.82, 2.24) is 5.32 Å². The molecule has 1 amide bonds. The lowest BCUT2D eigenvalue weighted by Gasteiger charge is -2.14. The Morgan fingerprint density at radius 2 is 1.95 bits per heavy atom. The number of hydrogen-bond acceptors (Lipinski definition) is 5. The van der Waals surface area contributed by atoms with Gasteiger partial charge in [0.05, 0.1) is 14.2 Å². The number of methoxy groups -OCH3 is 2. The highest BCUT2D eigenvalue weighted by Gasteiger charge is 2.21. The molecule has 0 saturated heterocycles. The van der Waals surface area contributed by atoms with E-state index >= 15 is 0 Å². The number of likely N-dealkylation sites (N-methyl/N-ethyl adjacent to an activating group) is 1. The smallest absolute Gasteiger partial charge is 0.342 e. The second-order valence-corrected chi connectivity index (χ2v) is 4.01. The van der Waals surface area contributed by atoms with Crippen LogP contribution < -0.4 is 14.8 Å². The van der Waals surface area contributed by atoms with Gasteiger partial charge >= 0.3 is 5.97 Å². The van der Waals surface area contributed by atoms with E-state index in [2.05, 4.69) is 5.32 Å². The molecule has 1 aromatic carbocycles. The summed E-state index contributed by atoms with van der Waals surface area (Å²) in [5, 5.41) is 2.58. The van der Waals surface area contributed by atoms with Crippen LogP contribution in [-0.4, -0.2) is 38.7 Å². The van der Waals surface area contributed by atoms with Gasteiger partial charge < -0.3 is 19.5 Å². The lowest BCUT2D eigenvalue weighted by molar-refractivity contribution is -0.128. The number of benzene rings is 1. The molecule has 0 unspecified atom stereocenters. The Labute approximate surface area is 118 Å². The third kappa shape index (κ3) is 3.88. The first kappa shape index (κ1) is 15.8. The highest BCUT2D eigenvalue weighted by atomic mass is 16.5. The largest absolute Gasteiger partial charge is 0.497 e. The molecule has 0 spiro atoms. The molecular formula is C14H19NO5. The summed E-state index contributed by atoms with van der Waals surface area (Å²) in [6.45, 7) is 3.78. The van der Waals surface area contributed by atoms with Crippen LogP contribution in [0.1, 0.15) is 24.2 Å². The molecule has 0 aliphatic rings. The first-order valence-electron chi connectivity index (χ1n) is 6.24. The van der Waals surface area contributed by atoms with E-state index in [1.165, 1.54) is 27.2 Å². The second kappa shape index (κ2) is 7.37. The first-order chi connectivity index (χ1) is 9.53. The molecule has 0 heterocycles. The average Bonchev–Trinajstić information content (AvgIpc) is 2.46. The third-order valence-electron chi connectivity index (χ3n) is 2.63. The summed E-state index contributed by atoms with van der Waals surface area (Å²) < 4.78 is 15.3. The highest BCUT2D eigenvalue weighted by Crippen LogP contribution is 2.25. The van der Waals surface area contributed by atoms with Crippen LogP contribution >= 0.6 is 0 Å². The Morgan fingerprint density at radius 1 is 1.25 bits per heavy atom. The maximum atomic E-state index is 12.0. The number of hydrogen-bond donors (Lipinski definition) is 1. The normalized spacial score (nSPS) is 11.4. The summed E-state index contributed by atoms with van der Waals surface area (Å²) in [6.07, 6.45) is -0.866. The maximum absolute atomic E-state index is 12.0. The van der Waals surface area contributed by atoms with Crippen molar-refractivity contribution in [3.05, 3.63) is 23.8 Å². The van der Waals surface area contributed by atoms with Gasteiger partial charge in [0.25, 0.3) is 5.91 Å². The summed E-state index contributed by atoms with van der Waals surface area (Å²) in [6, 6.07) is 4.73. The van der Waals surface area contributed by atoms with Crippen molar-refractivity contribution >= 4 is 11.9 Å². The Bertz CT molecular complexity index is 486. The number of rotatable bonds is 6. The predicted molar refractivity (Wildman–Crippen MR) is 73.1 cm³/mol. The molecule has 0 fully saturated rings. The van der Waals surface area contributed by atoms with Gasteiger partial charge in [0.2, 0.25) is 0 Å². The summed E-state index contributed by atoms with van der Waals surface area (Å²) >= 11 is 0. The zero-order valence-electron chi connectivity index (χ0n) is 12.1. The first-order valence-corrected chi connectivity index (χ1v) is 6.24. The van der Waals surface area contributed by atoms with Crippen molar-refractivity contribution in [2.75, 3.05) is 20.8 Å². The van der Waals surface area contributed by atoms with Gasteiger partial charge in [-0.15, -0.1) is 0 Å². The average molecular weight is 281 g/mol. The Morgan fingerprint density at radius 3 is 2.50 bits per heavy atom. The Hall–Kier alpha value is -2.24. The van der Waals surface area contributed by atoms with E-state index in [0.29, 0.717) is 18.0 Å². The second-order valence-electron chi connectivity index (χ2n) is 4.01. The molecule has 0 aromatic heterocycles. The predicted octanol–water partition coefficient (Wildman–Crippen LogP) is 1.39. The van der Waals surface area contributed by atoms with Crippen LogP contribution in [0.2, 0.25) is 0 Å². The number of amides is 1. The molecule has 110 valence electrons. The van der Waals surface area contributed by atoms with Gasteiger partial charge in [0.15, 0.2) is 6.10 Å². The minimum Gasteiger partial charge on any atom is -0.497 e. The van der Waals surface area contributed by atoms with E-state index < -0.39 is 12.1 Å². The van der Waals surface area contributed by atoms with Crippen molar-refractivity contribution in [1.29, 1.82) is 0 Å². The summed E-state index contributed by atoms with van der Waals surface area (Å²) in [7, 11) is 2.96. The topological polar surface area (TPSA) is 73.9 Å². The molecule has 1 N–H and O–H groups in total. The maximum Gasteiger partial charge on any atom is 0.342 e. The molecule has 1 atom stereocenters. The fourth-order valence-corrected chi connectivity index (χ4v) is 1.56. The van der Waals surface area contributed by atoms with Crippen molar-refractivity contribution < 1.29 is 23.8 Å². The molecule has 6 heteroatoms. The molecule has 0 saturated carbocycles. The van der Waals surface area contributed by atoms with Crippen LogP contribution in [0.15, 0.2) is 18.2 Å². The quantitative estimate of drug-likeness (QED) is 0.797. The van der Waals surface area contributed by atoms with Crippen LogP contribution in [-0.2, 0) is 9.53 Å². The van der Waals surface area contributed by atoms with Crippen molar-refractivity contribution in [2.24, 2.45) is 0 Å². The van der Waals surface area contributed by atoms with Crippen LogP contribution in [0.5, 0.6) is 11.5 Å². The molecule has 0 bridgehead atoms. The standard InChI is InChI=1S/C14H19NO5/c1-5-15-13(16)9(2)20-14(17)11-7-6-10(18-3)8-12(11)19-4/h6-9H,5H2,1-4H3,(H,15,16)/t9-/m0/s1. The summed E-state index contributed by atoms with van der Waals surface area (Å²) in [5.74, 6) is -0.0655. The SMILES string of the molecule is CCNC(=O)[C@H](C)OC(=O)c1ccc(OC)cc1OC. The van der Waals surface area contributed by atoms with Crippen LogP contribution in [0.3, 0.4) is 0 Å². The van der Waals surface area contributed by atoms with Gasteiger partial charge in [0.1, 0.15) is 17.1 Å². The fraction of sp³-hybridized carbons (Fsp3) is 0.429. The molecule has 0 aliphatic carbocycles. The molecule has 6 nitrogen and oxygen atoms in total. The molecule has 0 radical (unpaired) electrons. The van der Waals surface area contributed by atoms with Crippen molar-refractivity contribution in [3.63, 3.8) is 0 Å². The van der Waals surface area contributed by atoms with Crippen molar-refractivity contribution in [3.8, 4) is 11.5 Å². The van der Waals surface area contributed by atoms with E-state index in [1.54, 1.807) is 19.1 Å². The molecule has 20 heavy (non-hydrogen) atoms. The van der Waals surface area contributed by atoms with E-state index in [1.807, 2.05) is 0 Å². The van der Waals surface area contributed by atoms with Crippen LogP contribution in [0, 0.1) is 0 Å². The zero-order chi connectivity index (χ0) is 15.1. The highest BCUT2D eigenvalue weighted by molar-refractivity contribution is 5.94. The van der Waals surface area contributed by atoms with Gasteiger partial charge in [-0.25, -0.2) is 4.79 Å². The summed E-state index contributed by atoms with van der Waals surface area (Å²) in [4.78, 5) is 23.5. The monoisotopic (exact) mass is 281 g/mol. The minimum absolute atomic E-state index is 0.240. The van der Waals surface area contributed by atoms with Crippen molar-refractivity contribution in [2.45, 2.75) is 20.0 Å². The Balaban J connectivity index is 2.84.